The van der Waals surface area contributed by atoms with Gasteiger partial charge in [-0.05, 0) is 53.9 Å². The maximum Gasteiger partial charge on any atom is 1.00 e. The third kappa shape index (κ3) is 7.98. The van der Waals surface area contributed by atoms with Crippen molar-refractivity contribution in [1.29, 1.82) is 0 Å². The van der Waals surface area contributed by atoms with Crippen molar-refractivity contribution in [2.24, 2.45) is 5.73 Å². The number of amides is 1. The van der Waals surface area contributed by atoms with Crippen molar-refractivity contribution in [2.75, 3.05) is 13.1 Å². The summed E-state index contributed by atoms with van der Waals surface area (Å²) in [7, 11) is 0. The molecule has 0 saturated carbocycles. The minimum absolute atomic E-state index is 0. The fraction of sp³-hybridized carbons (Fsp3) is 0.208. The van der Waals surface area contributed by atoms with Crippen molar-refractivity contribution in [2.45, 2.75) is 18.8 Å². The van der Waals surface area contributed by atoms with Gasteiger partial charge in [0.25, 0.3) is 0 Å². The van der Waals surface area contributed by atoms with Crippen LogP contribution in [0.3, 0.4) is 0 Å². The van der Waals surface area contributed by atoms with Gasteiger partial charge < -0.3 is 23.2 Å². The van der Waals surface area contributed by atoms with Gasteiger partial charge in [-0.3, -0.25) is 15.6 Å². The van der Waals surface area contributed by atoms with Gasteiger partial charge in [-0.15, -0.1) is 0 Å². The molecule has 0 bridgehead atoms. The second-order valence-corrected chi connectivity index (χ2v) is 7.11. The summed E-state index contributed by atoms with van der Waals surface area (Å²) in [6.07, 6.45) is -2.79. The van der Waals surface area contributed by atoms with Crippen molar-refractivity contribution < 1.29 is 96.0 Å². The van der Waals surface area contributed by atoms with E-state index in [4.69, 9.17) is 10.5 Å². The Labute approximate surface area is 249 Å². The first-order chi connectivity index (χ1) is 14.6. The van der Waals surface area contributed by atoms with Crippen LogP contribution >= 0.6 is 0 Å². The number of primary amides is 1. The van der Waals surface area contributed by atoms with Crippen molar-refractivity contribution >= 4 is 16.7 Å². The quantitative estimate of drug-likeness (QED) is 0.368. The standard InChI is InChI=1S/C18H12F3NO2.C5H9FN.CH3.Cs/c19-18(20,21)13-5-7-14(8-6-13)24-16-3-1-2-11-10-12(17(22)23)4-9-15(11)16;1-2-5(6)3-7-4-5;;/h1-10H,(H2,22,23);2,7H,3-4H2,1H3;1H3;/q;2*-1;+1. The molecule has 4 rings (SSSR count). The zero-order chi connectivity index (χ0) is 22.6. The molecule has 3 N–H and O–H groups in total. The zero-order valence-corrected chi connectivity index (χ0v) is 25.0. The first-order valence-electron chi connectivity index (χ1n) is 9.49. The summed E-state index contributed by atoms with van der Waals surface area (Å²) < 4.78 is 55.9. The molecule has 1 aliphatic rings. The molecular weight excluding hydrogens is 557 g/mol. The molecule has 1 aliphatic heterocycles. The molecule has 4 nitrogen and oxygen atoms in total. The van der Waals surface area contributed by atoms with E-state index in [0.717, 1.165) is 22.9 Å². The molecule has 0 aliphatic carbocycles. The van der Waals surface area contributed by atoms with Gasteiger partial charge in [0.1, 0.15) is 11.5 Å². The SMILES string of the molecule is C[CH-]C1(F)CNC1.NC(=O)c1ccc2c(Oc3ccc(C(F)(F)F)cc3)cccc2c1.[CH3-].[Cs+]. The average molecular weight is 581 g/mol. The van der Waals surface area contributed by atoms with Crippen molar-refractivity contribution in [3.05, 3.63) is 85.6 Å². The number of nitrogens with two attached hydrogens (primary N) is 1. The molecule has 33 heavy (non-hydrogen) atoms. The number of ether oxygens (including phenoxy) is 1. The Balaban J connectivity index is 0.000000521. The number of carbonyl (C=O) groups excluding carboxylic acids is 1. The number of benzene rings is 3. The van der Waals surface area contributed by atoms with E-state index >= 15 is 0 Å². The van der Waals surface area contributed by atoms with Crippen LogP contribution in [0.4, 0.5) is 17.6 Å². The fourth-order valence-electron chi connectivity index (χ4n) is 2.90. The minimum atomic E-state index is -4.39. The Hall–Kier alpha value is -1.08. The number of rotatable bonds is 4. The first kappa shape index (κ1) is 30.0. The molecule has 0 atom stereocenters. The van der Waals surface area contributed by atoms with E-state index in [-0.39, 0.29) is 82.1 Å². The van der Waals surface area contributed by atoms with Crippen LogP contribution in [0, 0.1) is 13.8 Å². The summed E-state index contributed by atoms with van der Waals surface area (Å²) >= 11 is 0. The zero-order valence-electron chi connectivity index (χ0n) is 18.7. The van der Waals surface area contributed by atoms with Gasteiger partial charge >= 0.3 is 75.1 Å². The van der Waals surface area contributed by atoms with Crippen LogP contribution in [0.15, 0.2) is 60.7 Å². The second kappa shape index (κ2) is 12.6. The molecule has 172 valence electrons. The van der Waals surface area contributed by atoms with Gasteiger partial charge in [-0.2, -0.15) is 20.1 Å². The van der Waals surface area contributed by atoms with Gasteiger partial charge in [0.15, 0.2) is 0 Å². The normalized spacial score (nSPS) is 14.0. The van der Waals surface area contributed by atoms with Crippen LogP contribution in [0.5, 0.6) is 11.5 Å². The largest absolute Gasteiger partial charge is 1.00 e. The second-order valence-electron chi connectivity index (χ2n) is 7.11. The van der Waals surface area contributed by atoms with E-state index in [9.17, 15) is 22.4 Å². The summed E-state index contributed by atoms with van der Waals surface area (Å²) in [5.74, 6) is 0.226. The molecule has 1 saturated heterocycles. The molecular formula is C24H24CsF4N2O2-. The van der Waals surface area contributed by atoms with Crippen LogP contribution < -0.4 is 84.7 Å². The fourth-order valence-corrected chi connectivity index (χ4v) is 2.90. The number of alkyl halides is 4. The summed E-state index contributed by atoms with van der Waals surface area (Å²) in [4.78, 5) is 11.2. The van der Waals surface area contributed by atoms with Gasteiger partial charge in [0.05, 0.1) is 5.56 Å². The van der Waals surface area contributed by atoms with Gasteiger partial charge in [-0.1, -0.05) is 12.1 Å². The molecule has 9 heteroatoms. The number of nitrogens with one attached hydrogen (secondary N) is 1. The third-order valence-corrected chi connectivity index (χ3v) is 4.89. The number of hydrogen-bond donors (Lipinski definition) is 2. The topological polar surface area (TPSA) is 64.3 Å². The van der Waals surface area contributed by atoms with Crippen molar-refractivity contribution in [1.82, 2.24) is 5.32 Å². The van der Waals surface area contributed by atoms with E-state index in [1.54, 1.807) is 49.7 Å². The van der Waals surface area contributed by atoms with Crippen molar-refractivity contribution in [3.8, 4) is 11.5 Å². The summed E-state index contributed by atoms with van der Waals surface area (Å²) in [6, 6.07) is 14.6. The van der Waals surface area contributed by atoms with Crippen LogP contribution in [-0.2, 0) is 6.18 Å². The Morgan fingerprint density at radius 2 is 1.73 bits per heavy atom. The molecule has 3 aromatic carbocycles. The number of carbonyl (C=O) groups is 1. The Kier molecular flexibility index (Phi) is 11.4. The van der Waals surface area contributed by atoms with E-state index in [1.165, 1.54) is 12.1 Å². The summed E-state index contributed by atoms with van der Waals surface area (Å²) in [6.45, 7) is 2.76. The summed E-state index contributed by atoms with van der Waals surface area (Å²) in [5, 5.41) is 4.32. The molecule has 1 fully saturated rings. The van der Waals surface area contributed by atoms with E-state index in [0.29, 0.717) is 24.4 Å². The minimum Gasteiger partial charge on any atom is -0.457 e. The monoisotopic (exact) mass is 581 g/mol. The Morgan fingerprint density at radius 3 is 2.18 bits per heavy atom. The average Bonchev–Trinajstić information content (AvgIpc) is 2.72. The van der Waals surface area contributed by atoms with Crippen LogP contribution in [0.1, 0.15) is 22.8 Å². The van der Waals surface area contributed by atoms with E-state index in [1.807, 2.05) is 0 Å². The third-order valence-electron chi connectivity index (χ3n) is 4.89. The molecule has 1 amide bonds. The molecule has 1 heterocycles. The van der Waals surface area contributed by atoms with Crippen LogP contribution in [0.25, 0.3) is 10.8 Å². The molecule has 3 aromatic rings. The van der Waals surface area contributed by atoms with Crippen LogP contribution in [-0.4, -0.2) is 24.7 Å². The van der Waals surface area contributed by atoms with Crippen LogP contribution in [0.2, 0.25) is 0 Å². The number of halogens is 4. The van der Waals surface area contributed by atoms with Gasteiger partial charge in [-0.25, -0.2) is 0 Å². The van der Waals surface area contributed by atoms with Gasteiger partial charge in [0, 0.05) is 29.7 Å². The maximum absolute atomic E-state index is 12.6. The van der Waals surface area contributed by atoms with E-state index < -0.39 is 23.3 Å². The maximum atomic E-state index is 12.6. The molecule has 0 unspecified atom stereocenters. The summed E-state index contributed by atoms with van der Waals surface area (Å²) in [5.41, 5.74) is 3.91. The molecule has 0 radical (unpaired) electrons. The molecule has 0 spiro atoms. The Bertz CT molecular complexity index is 1060. The smallest absolute Gasteiger partial charge is 0.457 e. The van der Waals surface area contributed by atoms with Gasteiger partial charge in [0.2, 0.25) is 5.91 Å². The predicted octanol–water partition coefficient (Wildman–Crippen LogP) is 2.73. The first-order valence-corrected chi connectivity index (χ1v) is 9.49. The predicted molar refractivity (Wildman–Crippen MR) is 117 cm³/mol. The number of fused-ring (bicyclic) bond motifs is 1. The number of hydrogen-bond acceptors (Lipinski definition) is 3. The van der Waals surface area contributed by atoms with Crippen molar-refractivity contribution in [3.63, 3.8) is 0 Å². The van der Waals surface area contributed by atoms with E-state index in [2.05, 4.69) is 5.32 Å². The molecule has 0 aromatic heterocycles. The Morgan fingerprint density at radius 1 is 1.09 bits per heavy atom.